The van der Waals surface area contributed by atoms with E-state index < -0.39 is 0 Å². The number of likely N-dealkylation sites (N-methyl/N-ethyl adjacent to an activating group) is 1. The first-order valence-electron chi connectivity index (χ1n) is 8.98. The van der Waals surface area contributed by atoms with Gasteiger partial charge in [-0.3, -0.25) is 9.59 Å². The summed E-state index contributed by atoms with van der Waals surface area (Å²) in [6.45, 7) is 3.94. The van der Waals surface area contributed by atoms with E-state index in [2.05, 4.69) is 26.1 Å². The first kappa shape index (κ1) is 19.6. The Morgan fingerprint density at radius 3 is 2.26 bits per heavy atom. The largest absolute Gasteiger partial charge is 0.339 e. The molecule has 0 bridgehead atoms. The van der Waals surface area contributed by atoms with Gasteiger partial charge in [0.1, 0.15) is 6.54 Å². The Hall–Kier alpha value is -2.13. The van der Waals surface area contributed by atoms with Crippen molar-refractivity contribution >= 4 is 39.5 Å². The highest BCUT2D eigenvalue weighted by Crippen LogP contribution is 2.15. The van der Waals surface area contributed by atoms with Gasteiger partial charge < -0.3 is 24.9 Å². The molecule has 1 N–H and O–H groups in total. The quantitative estimate of drug-likeness (QED) is 0.761. The average molecular weight is 438 g/mol. The van der Waals surface area contributed by atoms with E-state index in [1.54, 1.807) is 21.9 Å². The van der Waals surface area contributed by atoms with Crippen LogP contribution in [0.3, 0.4) is 0 Å². The molecule has 0 radical (unpaired) electrons. The van der Waals surface area contributed by atoms with Gasteiger partial charge in [-0.2, -0.15) is 0 Å². The number of carbonyl (C=O) groups excluding carboxylic acids is 3. The van der Waals surface area contributed by atoms with Gasteiger partial charge in [0.2, 0.25) is 11.8 Å². The number of benzene rings is 1. The van der Waals surface area contributed by atoms with E-state index >= 15 is 0 Å². The Morgan fingerprint density at radius 1 is 1.00 bits per heavy atom. The van der Waals surface area contributed by atoms with Crippen LogP contribution in [0, 0.1) is 0 Å². The minimum absolute atomic E-state index is 0.0155. The van der Waals surface area contributed by atoms with Crippen LogP contribution in [0.1, 0.15) is 0 Å². The lowest BCUT2D eigenvalue weighted by Gasteiger charge is -2.37. The first-order valence-corrected chi connectivity index (χ1v) is 9.77. The van der Waals surface area contributed by atoms with E-state index in [4.69, 9.17) is 0 Å². The Kier molecular flexibility index (Phi) is 6.33. The van der Waals surface area contributed by atoms with Crippen LogP contribution in [-0.4, -0.2) is 96.9 Å². The van der Waals surface area contributed by atoms with Crippen molar-refractivity contribution in [2.24, 2.45) is 0 Å². The molecule has 4 amide bonds. The minimum atomic E-state index is -0.310. The highest BCUT2D eigenvalue weighted by molar-refractivity contribution is 9.10. The van der Waals surface area contributed by atoms with Crippen LogP contribution in [0.2, 0.25) is 0 Å². The van der Waals surface area contributed by atoms with Crippen LogP contribution in [0.4, 0.5) is 10.5 Å². The third-order valence-electron chi connectivity index (χ3n) is 4.88. The molecule has 27 heavy (non-hydrogen) atoms. The molecule has 2 aliphatic rings. The zero-order valence-electron chi connectivity index (χ0n) is 15.4. The molecule has 9 heteroatoms. The number of piperazine rings is 2. The van der Waals surface area contributed by atoms with E-state index in [1.807, 2.05) is 19.2 Å². The van der Waals surface area contributed by atoms with Crippen LogP contribution in [0.5, 0.6) is 0 Å². The van der Waals surface area contributed by atoms with Gasteiger partial charge in [-0.1, -0.05) is 15.9 Å². The van der Waals surface area contributed by atoms with Crippen molar-refractivity contribution in [1.29, 1.82) is 0 Å². The van der Waals surface area contributed by atoms with Crippen molar-refractivity contribution in [2.75, 3.05) is 64.7 Å². The standard InChI is InChI=1S/C18H24BrN5O3/c1-21-6-8-22(9-7-21)16(25)12-23-10-11-24(13-17(23)26)18(27)20-15-4-2-14(19)3-5-15/h2-5H,6-13H2,1H3,(H,20,27). The van der Waals surface area contributed by atoms with Gasteiger partial charge in [-0.25, -0.2) is 4.79 Å². The highest BCUT2D eigenvalue weighted by Gasteiger charge is 2.30. The SMILES string of the molecule is CN1CCN(C(=O)CN2CCN(C(=O)Nc3ccc(Br)cc3)CC2=O)CC1. The number of carbonyl (C=O) groups is 3. The van der Waals surface area contributed by atoms with Gasteiger partial charge in [-0.05, 0) is 31.3 Å². The molecule has 2 fully saturated rings. The number of nitrogens with one attached hydrogen (secondary N) is 1. The molecule has 0 saturated carbocycles. The summed E-state index contributed by atoms with van der Waals surface area (Å²) >= 11 is 3.35. The fourth-order valence-electron chi connectivity index (χ4n) is 3.10. The Balaban J connectivity index is 1.48. The molecule has 3 rings (SSSR count). The maximum atomic E-state index is 12.4. The van der Waals surface area contributed by atoms with Crippen LogP contribution >= 0.6 is 15.9 Å². The molecular formula is C18H24BrN5O3. The molecule has 1 aromatic carbocycles. The van der Waals surface area contributed by atoms with Crippen LogP contribution in [-0.2, 0) is 9.59 Å². The maximum Gasteiger partial charge on any atom is 0.322 e. The van der Waals surface area contributed by atoms with Gasteiger partial charge >= 0.3 is 6.03 Å². The molecule has 0 atom stereocenters. The normalized spacial score (nSPS) is 18.6. The van der Waals surface area contributed by atoms with E-state index in [0.29, 0.717) is 31.9 Å². The highest BCUT2D eigenvalue weighted by atomic mass is 79.9. The predicted molar refractivity (Wildman–Crippen MR) is 105 cm³/mol. The molecule has 0 spiro atoms. The Bertz CT molecular complexity index is 703. The van der Waals surface area contributed by atoms with Gasteiger partial charge in [0.15, 0.2) is 0 Å². The molecule has 1 aromatic rings. The maximum absolute atomic E-state index is 12.4. The Labute approximate surface area is 167 Å². The fraction of sp³-hybridized carbons (Fsp3) is 0.500. The summed E-state index contributed by atoms with van der Waals surface area (Å²) in [5.41, 5.74) is 0.670. The predicted octanol–water partition coefficient (Wildman–Crippen LogP) is 0.899. The van der Waals surface area contributed by atoms with Crippen LogP contribution in [0.25, 0.3) is 0 Å². The van der Waals surface area contributed by atoms with Crippen molar-refractivity contribution in [1.82, 2.24) is 19.6 Å². The zero-order valence-corrected chi connectivity index (χ0v) is 16.9. The zero-order chi connectivity index (χ0) is 19.4. The average Bonchev–Trinajstić information content (AvgIpc) is 2.65. The van der Waals surface area contributed by atoms with E-state index in [0.717, 1.165) is 17.6 Å². The summed E-state index contributed by atoms with van der Waals surface area (Å²) in [7, 11) is 2.03. The second kappa shape index (κ2) is 8.71. The molecule has 0 unspecified atom stereocenters. The third kappa shape index (κ3) is 5.20. The lowest BCUT2D eigenvalue weighted by Crippen LogP contribution is -2.56. The summed E-state index contributed by atoms with van der Waals surface area (Å²) in [5.74, 6) is -0.223. The van der Waals surface area contributed by atoms with E-state index in [9.17, 15) is 14.4 Å². The summed E-state index contributed by atoms with van der Waals surface area (Å²) in [5, 5.41) is 2.79. The smallest absolute Gasteiger partial charge is 0.322 e. The number of halogens is 1. The summed E-state index contributed by atoms with van der Waals surface area (Å²) in [4.78, 5) is 44.2. The number of urea groups is 1. The van der Waals surface area contributed by atoms with Crippen LogP contribution in [0.15, 0.2) is 28.7 Å². The molecule has 2 saturated heterocycles. The lowest BCUT2D eigenvalue weighted by molar-refractivity contribution is -0.143. The monoisotopic (exact) mass is 437 g/mol. The van der Waals surface area contributed by atoms with Crippen molar-refractivity contribution < 1.29 is 14.4 Å². The summed E-state index contributed by atoms with van der Waals surface area (Å²) in [6.07, 6.45) is 0. The summed E-state index contributed by atoms with van der Waals surface area (Å²) in [6, 6.07) is 6.94. The first-order chi connectivity index (χ1) is 12.9. The molecule has 146 valence electrons. The molecule has 0 aromatic heterocycles. The topological polar surface area (TPSA) is 76.2 Å². The number of hydrogen-bond donors (Lipinski definition) is 1. The number of amides is 4. The second-order valence-corrected chi connectivity index (χ2v) is 7.77. The lowest BCUT2D eigenvalue weighted by atomic mass is 10.2. The van der Waals surface area contributed by atoms with E-state index in [1.165, 1.54) is 4.90 Å². The number of anilines is 1. The molecule has 2 aliphatic heterocycles. The molecular weight excluding hydrogens is 414 g/mol. The molecule has 2 heterocycles. The van der Waals surface area contributed by atoms with Crippen molar-refractivity contribution in [2.45, 2.75) is 0 Å². The molecule has 8 nitrogen and oxygen atoms in total. The van der Waals surface area contributed by atoms with Crippen molar-refractivity contribution in [3.05, 3.63) is 28.7 Å². The van der Waals surface area contributed by atoms with Gasteiger partial charge in [0.05, 0.1) is 6.54 Å². The Morgan fingerprint density at radius 2 is 1.63 bits per heavy atom. The van der Waals surface area contributed by atoms with Crippen molar-refractivity contribution in [3.63, 3.8) is 0 Å². The van der Waals surface area contributed by atoms with E-state index in [-0.39, 0.29) is 30.9 Å². The summed E-state index contributed by atoms with van der Waals surface area (Å²) < 4.78 is 0.925. The molecule has 0 aliphatic carbocycles. The second-order valence-electron chi connectivity index (χ2n) is 6.86. The van der Waals surface area contributed by atoms with Gasteiger partial charge in [0.25, 0.3) is 0 Å². The number of rotatable bonds is 3. The fourth-order valence-corrected chi connectivity index (χ4v) is 3.37. The van der Waals surface area contributed by atoms with Crippen LogP contribution < -0.4 is 5.32 Å². The van der Waals surface area contributed by atoms with Gasteiger partial charge in [0, 0.05) is 49.4 Å². The van der Waals surface area contributed by atoms with Gasteiger partial charge in [-0.15, -0.1) is 0 Å². The third-order valence-corrected chi connectivity index (χ3v) is 5.41. The number of hydrogen-bond acceptors (Lipinski definition) is 4. The van der Waals surface area contributed by atoms with Crippen molar-refractivity contribution in [3.8, 4) is 0 Å². The number of nitrogens with zero attached hydrogens (tertiary/aromatic N) is 4. The minimum Gasteiger partial charge on any atom is -0.339 e.